The molecule has 0 aliphatic carbocycles. The van der Waals surface area contributed by atoms with Crippen LogP contribution in [-0.4, -0.2) is 12.5 Å². The summed E-state index contributed by atoms with van der Waals surface area (Å²) in [7, 11) is 0. The van der Waals surface area contributed by atoms with Crippen LogP contribution < -0.4 is 10.1 Å². The molecule has 2 aromatic rings. The molecule has 0 saturated carbocycles. The Balaban J connectivity index is 1.94. The van der Waals surface area contributed by atoms with E-state index in [0.717, 1.165) is 27.7 Å². The van der Waals surface area contributed by atoms with Crippen LogP contribution in [0.1, 0.15) is 42.9 Å². The molecule has 0 radical (unpaired) electrons. The quantitative estimate of drug-likeness (QED) is 0.698. The highest BCUT2D eigenvalue weighted by Crippen LogP contribution is 2.25. The zero-order chi connectivity index (χ0) is 17.7. The van der Waals surface area contributed by atoms with Gasteiger partial charge in [0, 0.05) is 10.2 Å². The predicted molar refractivity (Wildman–Crippen MR) is 103 cm³/mol. The number of nitrogens with one attached hydrogen (secondary N) is 1. The van der Waals surface area contributed by atoms with Crippen molar-refractivity contribution in [1.29, 1.82) is 0 Å². The molecule has 0 aliphatic rings. The smallest absolute Gasteiger partial charge is 0.262 e. The Labute approximate surface area is 152 Å². The van der Waals surface area contributed by atoms with Crippen molar-refractivity contribution in [3.8, 4) is 5.75 Å². The Bertz CT molecular complexity index is 687. The molecule has 0 aromatic heterocycles. The zero-order valence-corrected chi connectivity index (χ0v) is 16.2. The van der Waals surface area contributed by atoms with Gasteiger partial charge in [0.2, 0.25) is 0 Å². The fourth-order valence-corrected chi connectivity index (χ4v) is 3.25. The van der Waals surface area contributed by atoms with Crippen LogP contribution >= 0.6 is 15.9 Å². The molecule has 2 aromatic carbocycles. The summed E-state index contributed by atoms with van der Waals surface area (Å²) in [5.41, 5.74) is 4.18. The SMILES string of the molecule is CC[C@H](C)c1ccc(OCC(=O)Nc2c(C)cc(Br)cc2C)cc1. The molecule has 3 nitrogen and oxygen atoms in total. The maximum Gasteiger partial charge on any atom is 0.262 e. The van der Waals surface area contributed by atoms with Crippen LogP contribution in [0.25, 0.3) is 0 Å². The lowest BCUT2D eigenvalue weighted by molar-refractivity contribution is -0.118. The van der Waals surface area contributed by atoms with Crippen LogP contribution in [0.15, 0.2) is 40.9 Å². The molecule has 0 spiro atoms. The molecule has 0 saturated heterocycles. The molecule has 0 unspecified atom stereocenters. The first-order valence-electron chi connectivity index (χ1n) is 8.20. The molecule has 2 rings (SSSR count). The van der Waals surface area contributed by atoms with Gasteiger partial charge in [0.25, 0.3) is 5.91 Å². The number of halogens is 1. The van der Waals surface area contributed by atoms with Crippen molar-refractivity contribution in [1.82, 2.24) is 0 Å². The molecule has 0 heterocycles. The monoisotopic (exact) mass is 389 g/mol. The van der Waals surface area contributed by atoms with E-state index >= 15 is 0 Å². The minimum atomic E-state index is -0.158. The molecule has 0 aliphatic heterocycles. The van der Waals surface area contributed by atoms with E-state index in [1.54, 1.807) is 0 Å². The molecule has 1 N–H and O–H groups in total. The third-order valence-corrected chi connectivity index (χ3v) is 4.65. The summed E-state index contributed by atoms with van der Waals surface area (Å²) in [5.74, 6) is 1.08. The number of rotatable bonds is 6. The molecule has 1 atom stereocenters. The molecular weight excluding hydrogens is 366 g/mol. The number of carbonyl (C=O) groups is 1. The molecule has 4 heteroatoms. The summed E-state index contributed by atoms with van der Waals surface area (Å²) in [5, 5.41) is 2.93. The number of hydrogen-bond acceptors (Lipinski definition) is 2. The number of hydrogen-bond donors (Lipinski definition) is 1. The number of amides is 1. The maximum atomic E-state index is 12.1. The van der Waals surface area contributed by atoms with Crippen LogP contribution in [0, 0.1) is 13.8 Å². The lowest BCUT2D eigenvalue weighted by atomic mass is 9.99. The number of ether oxygens (including phenoxy) is 1. The average Bonchev–Trinajstić information content (AvgIpc) is 2.56. The van der Waals surface area contributed by atoms with Crippen molar-refractivity contribution in [3.63, 3.8) is 0 Å². The Morgan fingerprint density at radius 3 is 2.29 bits per heavy atom. The van der Waals surface area contributed by atoms with Crippen molar-refractivity contribution in [3.05, 3.63) is 57.6 Å². The van der Waals surface area contributed by atoms with Gasteiger partial charge in [-0.2, -0.15) is 0 Å². The lowest BCUT2D eigenvalue weighted by Gasteiger charge is -2.13. The second kappa shape index (κ2) is 8.34. The fraction of sp³-hybridized carbons (Fsp3) is 0.350. The molecule has 24 heavy (non-hydrogen) atoms. The van der Waals surface area contributed by atoms with Crippen molar-refractivity contribution in [2.75, 3.05) is 11.9 Å². The number of carbonyl (C=O) groups excluding carboxylic acids is 1. The Morgan fingerprint density at radius 2 is 1.75 bits per heavy atom. The number of anilines is 1. The largest absolute Gasteiger partial charge is 0.484 e. The van der Waals surface area contributed by atoms with Crippen LogP contribution in [-0.2, 0) is 4.79 Å². The average molecular weight is 390 g/mol. The summed E-state index contributed by atoms with van der Waals surface area (Å²) in [4.78, 5) is 12.1. The van der Waals surface area contributed by atoms with Gasteiger partial charge < -0.3 is 10.1 Å². The van der Waals surface area contributed by atoms with E-state index < -0.39 is 0 Å². The zero-order valence-electron chi connectivity index (χ0n) is 14.7. The number of aryl methyl sites for hydroxylation is 2. The molecular formula is C20H24BrNO2. The summed E-state index contributed by atoms with van der Waals surface area (Å²) < 4.78 is 6.60. The van der Waals surface area contributed by atoms with Crippen LogP contribution in [0.2, 0.25) is 0 Å². The summed E-state index contributed by atoms with van der Waals surface area (Å²) in [6.07, 6.45) is 1.11. The van der Waals surface area contributed by atoms with Crippen molar-refractivity contribution >= 4 is 27.5 Å². The minimum Gasteiger partial charge on any atom is -0.484 e. The first-order chi connectivity index (χ1) is 11.4. The van der Waals surface area contributed by atoms with E-state index in [9.17, 15) is 4.79 Å². The highest BCUT2D eigenvalue weighted by atomic mass is 79.9. The first kappa shape index (κ1) is 18.5. The second-order valence-electron chi connectivity index (χ2n) is 6.13. The van der Waals surface area contributed by atoms with E-state index in [4.69, 9.17) is 4.74 Å². The van der Waals surface area contributed by atoms with Gasteiger partial charge in [0.1, 0.15) is 5.75 Å². The van der Waals surface area contributed by atoms with Gasteiger partial charge >= 0.3 is 0 Å². The Hall–Kier alpha value is -1.81. The van der Waals surface area contributed by atoms with E-state index in [0.29, 0.717) is 11.7 Å². The summed E-state index contributed by atoms with van der Waals surface area (Å²) >= 11 is 3.46. The maximum absolute atomic E-state index is 12.1. The minimum absolute atomic E-state index is 0.00236. The predicted octanol–water partition coefficient (Wildman–Crippen LogP) is 5.60. The van der Waals surface area contributed by atoms with E-state index in [2.05, 4.69) is 47.2 Å². The lowest BCUT2D eigenvalue weighted by Crippen LogP contribution is -2.21. The van der Waals surface area contributed by atoms with Crippen molar-refractivity contribution in [2.24, 2.45) is 0 Å². The van der Waals surface area contributed by atoms with Gasteiger partial charge in [-0.1, -0.05) is 41.9 Å². The van der Waals surface area contributed by atoms with Crippen molar-refractivity contribution < 1.29 is 9.53 Å². The first-order valence-corrected chi connectivity index (χ1v) is 8.99. The third-order valence-electron chi connectivity index (χ3n) is 4.19. The van der Waals surface area contributed by atoms with Crippen LogP contribution in [0.5, 0.6) is 5.75 Å². The molecule has 0 bridgehead atoms. The normalized spacial score (nSPS) is 11.9. The number of benzene rings is 2. The van der Waals surface area contributed by atoms with E-state index in [1.807, 2.05) is 38.1 Å². The summed E-state index contributed by atoms with van der Waals surface area (Å²) in [6.45, 7) is 8.32. The van der Waals surface area contributed by atoms with Gasteiger partial charge in [-0.15, -0.1) is 0 Å². The van der Waals surface area contributed by atoms with Crippen molar-refractivity contribution in [2.45, 2.75) is 40.0 Å². The van der Waals surface area contributed by atoms with E-state index in [-0.39, 0.29) is 12.5 Å². The van der Waals surface area contributed by atoms with E-state index in [1.165, 1.54) is 5.56 Å². The Kier molecular flexibility index (Phi) is 6.44. The van der Waals surface area contributed by atoms with Gasteiger partial charge in [-0.3, -0.25) is 4.79 Å². The van der Waals surface area contributed by atoms with Gasteiger partial charge in [0.15, 0.2) is 6.61 Å². The van der Waals surface area contributed by atoms with Gasteiger partial charge in [-0.05, 0) is 67.1 Å². The highest BCUT2D eigenvalue weighted by molar-refractivity contribution is 9.10. The summed E-state index contributed by atoms with van der Waals surface area (Å²) in [6, 6.07) is 11.9. The second-order valence-corrected chi connectivity index (χ2v) is 7.05. The van der Waals surface area contributed by atoms with Gasteiger partial charge in [-0.25, -0.2) is 0 Å². The standard InChI is InChI=1S/C20H24BrNO2/c1-5-13(2)16-6-8-18(9-7-16)24-12-19(23)22-20-14(3)10-17(21)11-15(20)4/h6-11,13H,5,12H2,1-4H3,(H,22,23)/t13-/m0/s1. The van der Waals surface area contributed by atoms with Crippen LogP contribution in [0.3, 0.4) is 0 Å². The Morgan fingerprint density at radius 1 is 1.17 bits per heavy atom. The van der Waals surface area contributed by atoms with Gasteiger partial charge in [0.05, 0.1) is 0 Å². The fourth-order valence-electron chi connectivity index (χ4n) is 2.56. The topological polar surface area (TPSA) is 38.3 Å². The molecule has 128 valence electrons. The highest BCUT2D eigenvalue weighted by Gasteiger charge is 2.10. The third kappa shape index (κ3) is 4.84. The molecule has 1 amide bonds. The molecule has 0 fully saturated rings. The van der Waals surface area contributed by atoms with Crippen LogP contribution in [0.4, 0.5) is 5.69 Å².